The van der Waals surface area contributed by atoms with E-state index >= 15 is 0 Å². The van der Waals surface area contributed by atoms with E-state index in [9.17, 15) is 4.79 Å². The van der Waals surface area contributed by atoms with Crippen LogP contribution in [0.4, 0.5) is 0 Å². The van der Waals surface area contributed by atoms with Crippen molar-refractivity contribution in [3.8, 4) is 0 Å². The highest BCUT2D eigenvalue weighted by Gasteiger charge is 2.28. The lowest BCUT2D eigenvalue weighted by molar-refractivity contribution is -0.120. The second-order valence-electron chi connectivity index (χ2n) is 2.31. The van der Waals surface area contributed by atoms with Crippen molar-refractivity contribution in [2.75, 3.05) is 6.61 Å². The van der Waals surface area contributed by atoms with Gasteiger partial charge in [-0.05, 0) is 0 Å². The zero-order valence-corrected chi connectivity index (χ0v) is 8.33. The molecule has 0 radical (unpaired) electrons. The Labute approximate surface area is 83.2 Å². The molecule has 0 aliphatic heterocycles. The number of halogens is 1. The van der Waals surface area contributed by atoms with E-state index in [0.717, 1.165) is 0 Å². The van der Waals surface area contributed by atoms with Gasteiger partial charge in [0, 0.05) is 0 Å². The Morgan fingerprint density at radius 1 is 1.33 bits per heavy atom. The van der Waals surface area contributed by atoms with Gasteiger partial charge in [-0.25, -0.2) is 0 Å². The second kappa shape index (κ2) is 5.81. The van der Waals surface area contributed by atoms with E-state index in [1.807, 2.05) is 0 Å². The number of rotatable bonds is 5. The summed E-state index contributed by atoms with van der Waals surface area (Å²) in [5.41, 5.74) is 0. The Bertz CT molecular complexity index is 142. The monoisotopic (exact) mass is 287 g/mol. The Morgan fingerprint density at radius 2 is 1.83 bits per heavy atom. The molecule has 0 aromatic rings. The molecule has 0 rings (SSSR count). The molecule has 0 aromatic carbocycles. The van der Waals surface area contributed by atoms with E-state index in [1.165, 1.54) is 0 Å². The first kappa shape index (κ1) is 12.2. The van der Waals surface area contributed by atoms with E-state index in [0.29, 0.717) is 0 Å². The van der Waals surface area contributed by atoms with Crippen molar-refractivity contribution in [1.82, 2.24) is 0 Å². The zero-order valence-electron chi connectivity index (χ0n) is 6.17. The lowest BCUT2D eigenvalue weighted by Crippen LogP contribution is -2.42. The van der Waals surface area contributed by atoms with E-state index in [1.54, 1.807) is 22.6 Å². The fourth-order valence-corrected chi connectivity index (χ4v) is 1.25. The average Bonchev–Trinajstić information content (AvgIpc) is 2.12. The summed E-state index contributed by atoms with van der Waals surface area (Å²) in [7, 11) is 0. The SMILES string of the molecule is O=C[C@@H](O)[C@@H](O)[C@H]([124I])[C@H](O)CO. The summed E-state index contributed by atoms with van der Waals surface area (Å²) in [6.07, 6.45) is -3.84. The maximum absolute atomic E-state index is 10.0. The van der Waals surface area contributed by atoms with Gasteiger partial charge in [-0.15, -0.1) is 0 Å². The van der Waals surface area contributed by atoms with Gasteiger partial charge in [0.2, 0.25) is 0 Å². The fourth-order valence-electron chi connectivity index (χ4n) is 0.597. The van der Waals surface area contributed by atoms with Crippen LogP contribution in [0, 0.1) is 0 Å². The Kier molecular flexibility index (Phi) is 5.93. The van der Waals surface area contributed by atoms with Crippen LogP contribution >= 0.6 is 22.6 Å². The number of hydrogen-bond acceptors (Lipinski definition) is 5. The van der Waals surface area contributed by atoms with E-state index in [2.05, 4.69) is 0 Å². The Hall–Kier alpha value is 0.240. The number of aliphatic hydroxyl groups is 4. The van der Waals surface area contributed by atoms with Gasteiger partial charge in [0.15, 0.2) is 6.29 Å². The van der Waals surface area contributed by atoms with Gasteiger partial charge in [0.1, 0.15) is 12.2 Å². The smallest absolute Gasteiger partial charge is 0.151 e. The minimum atomic E-state index is -1.52. The molecule has 0 saturated carbocycles. The van der Waals surface area contributed by atoms with Crippen LogP contribution in [0.2, 0.25) is 0 Å². The maximum Gasteiger partial charge on any atom is 0.151 e. The van der Waals surface area contributed by atoms with Gasteiger partial charge in [-0.2, -0.15) is 0 Å². The molecule has 0 saturated heterocycles. The van der Waals surface area contributed by atoms with Crippen molar-refractivity contribution in [2.24, 2.45) is 0 Å². The van der Waals surface area contributed by atoms with Crippen LogP contribution in [0.25, 0.3) is 0 Å². The molecule has 0 aromatic heterocycles. The summed E-state index contributed by atoms with van der Waals surface area (Å²) >= 11 is 1.65. The number of aliphatic hydroxyl groups excluding tert-OH is 4. The largest absolute Gasteiger partial charge is 0.394 e. The maximum atomic E-state index is 10.0. The third-order valence-corrected chi connectivity index (χ3v) is 2.94. The first-order valence-corrected chi connectivity index (χ1v) is 4.53. The molecule has 12 heavy (non-hydrogen) atoms. The molecule has 0 fully saturated rings. The Balaban J connectivity index is 4.07. The van der Waals surface area contributed by atoms with Crippen molar-refractivity contribution < 1.29 is 25.2 Å². The second-order valence-corrected chi connectivity index (χ2v) is 3.75. The Morgan fingerprint density at radius 3 is 2.17 bits per heavy atom. The van der Waals surface area contributed by atoms with Crippen LogP contribution < -0.4 is 0 Å². The van der Waals surface area contributed by atoms with Gasteiger partial charge >= 0.3 is 0 Å². The molecule has 0 bridgehead atoms. The number of aldehydes is 1. The van der Waals surface area contributed by atoms with E-state index in [-0.39, 0.29) is 6.29 Å². The lowest BCUT2D eigenvalue weighted by Gasteiger charge is -2.22. The molecule has 0 unspecified atom stereocenters. The number of alkyl halides is 1. The molecule has 4 N–H and O–H groups in total. The van der Waals surface area contributed by atoms with Crippen LogP contribution in [0.3, 0.4) is 0 Å². The normalized spacial score (nSPS) is 21.1. The van der Waals surface area contributed by atoms with Crippen molar-refractivity contribution in [3.63, 3.8) is 0 Å². The number of hydrogen-bond donors (Lipinski definition) is 4. The molecule has 0 aliphatic rings. The lowest BCUT2D eigenvalue weighted by atomic mass is 10.1. The fraction of sp³-hybridized carbons (Fsp3) is 0.833. The molecule has 5 nitrogen and oxygen atoms in total. The van der Waals surface area contributed by atoms with Crippen LogP contribution in [0.5, 0.6) is 0 Å². The van der Waals surface area contributed by atoms with Gasteiger partial charge in [-0.3, -0.25) is 0 Å². The summed E-state index contributed by atoms with van der Waals surface area (Å²) in [6.45, 7) is -0.518. The predicted octanol–water partition coefficient (Wildman–Crippen LogP) is -1.94. The zero-order chi connectivity index (χ0) is 9.72. The first-order valence-electron chi connectivity index (χ1n) is 3.29. The van der Waals surface area contributed by atoms with Crippen molar-refractivity contribution in [3.05, 3.63) is 0 Å². The van der Waals surface area contributed by atoms with Crippen LogP contribution in [-0.2, 0) is 4.79 Å². The summed E-state index contributed by atoms with van der Waals surface area (Å²) in [5.74, 6) is 0. The first-order chi connectivity index (χ1) is 5.54. The highest BCUT2D eigenvalue weighted by molar-refractivity contribution is 14.1. The van der Waals surface area contributed by atoms with Crippen molar-refractivity contribution in [2.45, 2.75) is 22.2 Å². The van der Waals surface area contributed by atoms with Crippen LogP contribution in [0.15, 0.2) is 0 Å². The van der Waals surface area contributed by atoms with Crippen molar-refractivity contribution >= 4 is 28.9 Å². The van der Waals surface area contributed by atoms with Gasteiger partial charge in [0.25, 0.3) is 0 Å². The van der Waals surface area contributed by atoms with Gasteiger partial charge in [0.05, 0.1) is 16.6 Å². The number of carbonyl (C=O) groups excluding carboxylic acids is 1. The quantitative estimate of drug-likeness (QED) is 0.268. The number of carbonyl (C=O) groups is 1. The van der Waals surface area contributed by atoms with Crippen molar-refractivity contribution in [1.29, 1.82) is 0 Å². The highest BCUT2D eigenvalue weighted by Crippen LogP contribution is 2.13. The highest BCUT2D eigenvalue weighted by atomic mass is 124. The molecular weight excluding hydrogens is 276 g/mol. The molecule has 72 valence electrons. The summed E-state index contributed by atoms with van der Waals surface area (Å²) in [4.78, 5) is 10.0. The standard InChI is InChI=1S/C6H11IO5/c7-5(3(10)1-8)6(12)4(11)2-9/h2-6,8,10-12H,1H2/t3-,4-,5-,6-/m1/s1/i7-3. The van der Waals surface area contributed by atoms with E-state index in [4.69, 9.17) is 20.4 Å². The molecule has 0 aliphatic carbocycles. The average molecular weight is 287 g/mol. The predicted molar refractivity (Wildman–Crippen MR) is 49.0 cm³/mol. The van der Waals surface area contributed by atoms with Crippen LogP contribution in [0.1, 0.15) is 0 Å². The van der Waals surface area contributed by atoms with Crippen LogP contribution in [-0.4, -0.2) is 55.6 Å². The molecule has 0 spiro atoms. The molecule has 0 heterocycles. The minimum absolute atomic E-state index is 0.181. The third kappa shape index (κ3) is 3.31. The summed E-state index contributed by atoms with van der Waals surface area (Å²) in [6, 6.07) is 0. The topological polar surface area (TPSA) is 98.0 Å². The summed E-state index contributed by atoms with van der Waals surface area (Å²) in [5, 5.41) is 35.4. The van der Waals surface area contributed by atoms with E-state index < -0.39 is 28.8 Å². The minimum Gasteiger partial charge on any atom is -0.394 e. The molecule has 6 heteroatoms. The molecule has 0 amide bonds. The third-order valence-electron chi connectivity index (χ3n) is 1.37. The van der Waals surface area contributed by atoms with Gasteiger partial charge < -0.3 is 25.2 Å². The molecular formula is C6H11IO5. The van der Waals surface area contributed by atoms with Gasteiger partial charge in [-0.1, -0.05) is 22.6 Å². The molecule has 4 atom stereocenters. The summed E-state index contributed by atoms with van der Waals surface area (Å²) < 4.78 is -0.771.